The topological polar surface area (TPSA) is 71.3 Å². The summed E-state index contributed by atoms with van der Waals surface area (Å²) in [5, 5.41) is 8.42. The van der Waals surface area contributed by atoms with Crippen LogP contribution in [-0.2, 0) is 68.3 Å². The maximum absolute atomic E-state index is 4.68. The second-order valence-electron chi connectivity index (χ2n) is 11.8. The molecule has 0 aliphatic carbocycles. The van der Waals surface area contributed by atoms with Gasteiger partial charge in [-0.25, -0.2) is 0 Å². The largest absolute Gasteiger partial charge is 2.00 e. The average Bonchev–Trinajstić information content (AvgIpc) is 3.97. The average molecular weight is 1040 g/mol. The van der Waals surface area contributed by atoms with Crippen LogP contribution in [0.4, 0.5) is 0 Å². The van der Waals surface area contributed by atoms with Gasteiger partial charge in [-0.3, -0.25) is 19.3 Å². The Balaban J connectivity index is 0.000000176. The smallest absolute Gasteiger partial charge is 0.466 e. The van der Waals surface area contributed by atoms with Gasteiger partial charge in [-0.1, -0.05) is 0 Å². The van der Waals surface area contributed by atoms with Gasteiger partial charge in [-0.05, 0) is 61.4 Å². The summed E-state index contributed by atoms with van der Waals surface area (Å²) in [5.41, 5.74) is 9.06. The van der Waals surface area contributed by atoms with Crippen molar-refractivity contribution in [1.29, 1.82) is 0 Å². The van der Waals surface area contributed by atoms with E-state index in [9.17, 15) is 0 Å². The minimum atomic E-state index is 0. The summed E-state index contributed by atoms with van der Waals surface area (Å²) in [4.78, 5) is 9.36. The monoisotopic (exact) mass is 1040 g/mol. The Hall–Kier alpha value is -4.90. The van der Waals surface area contributed by atoms with Crippen LogP contribution in [0.15, 0.2) is 146 Å². The third-order valence-electron chi connectivity index (χ3n) is 7.56. The molecule has 8 aromatic rings. The minimum absolute atomic E-state index is 0. The maximum atomic E-state index is 4.68. The Bertz CT molecular complexity index is 1850. The van der Waals surface area contributed by atoms with E-state index in [1.54, 1.807) is 12.4 Å². The van der Waals surface area contributed by atoms with E-state index < -0.39 is 0 Å². The predicted molar refractivity (Wildman–Crippen MR) is 195 cm³/mol. The number of aryl methyl sites for hydroxylation is 2. The molecule has 0 fully saturated rings. The molecule has 0 saturated carbocycles. The third kappa shape index (κ3) is 12.7. The molecular weight excluding hydrogens is 1010 g/mol. The molecule has 10 heteroatoms. The zero-order chi connectivity index (χ0) is 34.4. The Morgan fingerprint density at radius 1 is 0.481 bits per heavy atom. The molecule has 6 heterocycles. The molecule has 0 N–H and O–H groups in total. The third-order valence-corrected chi connectivity index (χ3v) is 7.56. The number of rotatable bonds is 9. The molecule has 52 heavy (non-hydrogen) atoms. The molecule has 0 unspecified atom stereocenters. The van der Waals surface area contributed by atoms with Crippen LogP contribution in [0.5, 0.6) is 0 Å². The molecule has 0 aliphatic heterocycles. The van der Waals surface area contributed by atoms with Crippen LogP contribution < -0.4 is 0 Å². The summed E-state index contributed by atoms with van der Waals surface area (Å²) < 4.78 is 7.76. The van der Waals surface area contributed by atoms with Gasteiger partial charge in [-0.2, -0.15) is 106 Å². The molecule has 0 radical (unpaired) electrons. The van der Waals surface area contributed by atoms with Gasteiger partial charge in [0.05, 0.1) is 35.9 Å². The normalized spacial score (nSPS) is 10.1. The van der Waals surface area contributed by atoms with Crippen LogP contribution in [0.1, 0.15) is 33.9 Å². The molecule has 8 nitrogen and oxygen atoms in total. The van der Waals surface area contributed by atoms with E-state index in [1.807, 2.05) is 104 Å². The summed E-state index contributed by atoms with van der Waals surface area (Å²) in [6, 6.07) is 41.9. The number of benzene rings is 2. The van der Waals surface area contributed by atoms with Crippen molar-refractivity contribution in [3.8, 4) is 11.1 Å². The molecule has 2 aromatic carbocycles. The van der Waals surface area contributed by atoms with Crippen molar-refractivity contribution in [2.75, 3.05) is 0 Å². The van der Waals surface area contributed by atoms with E-state index in [0.29, 0.717) is 13.1 Å². The number of pyridine rings is 2. The van der Waals surface area contributed by atoms with E-state index >= 15 is 0 Å². The Morgan fingerprint density at radius 2 is 0.865 bits per heavy atom. The second kappa shape index (κ2) is 20.8. The van der Waals surface area contributed by atoms with Crippen molar-refractivity contribution in [2.24, 2.45) is 0 Å². The van der Waals surface area contributed by atoms with Crippen molar-refractivity contribution >= 4 is 0 Å². The molecule has 0 bridgehead atoms. The van der Waals surface area contributed by atoms with Crippen molar-refractivity contribution in [2.45, 2.75) is 40.0 Å². The molecular formula is C42H38N8Pt2. The first kappa shape index (κ1) is 39.9. The van der Waals surface area contributed by atoms with Gasteiger partial charge in [0.2, 0.25) is 0 Å². The van der Waals surface area contributed by atoms with E-state index in [2.05, 4.69) is 107 Å². The zero-order valence-electron chi connectivity index (χ0n) is 28.9. The fourth-order valence-corrected chi connectivity index (χ4v) is 5.44. The Labute approximate surface area is 334 Å². The van der Waals surface area contributed by atoms with Crippen molar-refractivity contribution < 1.29 is 42.1 Å². The molecule has 266 valence electrons. The molecule has 0 spiro atoms. The molecule has 6 aromatic heterocycles. The Morgan fingerprint density at radius 3 is 1.19 bits per heavy atom. The van der Waals surface area contributed by atoms with E-state index in [4.69, 9.17) is 0 Å². The van der Waals surface area contributed by atoms with Gasteiger partial charge >= 0.3 is 42.1 Å². The van der Waals surface area contributed by atoms with Crippen molar-refractivity contribution in [3.05, 3.63) is 205 Å². The summed E-state index contributed by atoms with van der Waals surface area (Å²) in [5.74, 6) is 0. The van der Waals surface area contributed by atoms with Crippen molar-refractivity contribution in [1.82, 2.24) is 38.7 Å². The first-order valence-electron chi connectivity index (χ1n) is 16.4. The maximum Gasteiger partial charge on any atom is 2.00 e. The SMILES string of the molecule is Cc1cc(Cn2[c-]ccc2)nc(Cn2cccn2)c1.Cc1cc(Cn2[c-]ccc2)nc(Cn2cccn2)c1.[Pt+2].[Pt+2].[c-]1ccc(-c2cc[c-]cc2)cc1. The molecule has 0 atom stereocenters. The Kier molecular flexibility index (Phi) is 16.0. The fourth-order valence-electron chi connectivity index (χ4n) is 5.44. The summed E-state index contributed by atoms with van der Waals surface area (Å²) in [6.07, 6.45) is 17.7. The van der Waals surface area contributed by atoms with Gasteiger partial charge in [0.15, 0.2) is 0 Å². The quantitative estimate of drug-likeness (QED) is 0.141. The standard InChI is InChI=1S/2C15H15N4.C12H8.2Pt/c2*1-13-9-14(11-18-6-2-3-7-18)17-15(10-13)12-19-8-4-5-16-19;1-3-7-11(8-4-1)12-9-5-2-6-10-12;;/h2*2-6,8-10H,11-12H2,1H3;3-10H;;/q2*-1;-2;2*+2. The van der Waals surface area contributed by atoms with Crippen LogP contribution in [0.3, 0.4) is 0 Å². The van der Waals surface area contributed by atoms with Crippen LogP contribution in [-0.4, -0.2) is 38.7 Å². The number of aromatic nitrogens is 8. The molecule has 8 rings (SSSR count). The van der Waals surface area contributed by atoms with Gasteiger partial charge in [0, 0.05) is 37.9 Å². The summed E-state index contributed by atoms with van der Waals surface area (Å²) in [7, 11) is 0. The second-order valence-corrected chi connectivity index (χ2v) is 11.8. The zero-order valence-corrected chi connectivity index (χ0v) is 33.4. The van der Waals surface area contributed by atoms with Crippen molar-refractivity contribution in [3.63, 3.8) is 0 Å². The number of hydrogen-bond acceptors (Lipinski definition) is 4. The summed E-state index contributed by atoms with van der Waals surface area (Å²) in [6.45, 7) is 7.10. The molecule has 0 aliphatic rings. The van der Waals surface area contributed by atoms with Gasteiger partial charge in [0.1, 0.15) is 0 Å². The molecule has 0 saturated heterocycles. The number of nitrogens with zero attached hydrogens (tertiary/aromatic N) is 8. The van der Waals surface area contributed by atoms with Gasteiger partial charge < -0.3 is 9.13 Å². The first-order valence-corrected chi connectivity index (χ1v) is 16.4. The fraction of sp³-hybridized carbons (Fsp3) is 0.143. The number of hydrogen-bond donors (Lipinski definition) is 0. The molecule has 0 amide bonds. The van der Waals surface area contributed by atoms with Gasteiger partial charge in [0.25, 0.3) is 0 Å². The van der Waals surface area contributed by atoms with E-state index in [1.165, 1.54) is 22.3 Å². The predicted octanol–water partition coefficient (Wildman–Crippen LogP) is 7.52. The minimum Gasteiger partial charge on any atom is -0.466 e. The van der Waals surface area contributed by atoms with E-state index in [0.717, 1.165) is 35.9 Å². The van der Waals surface area contributed by atoms with Crippen LogP contribution in [0, 0.1) is 38.4 Å². The van der Waals surface area contributed by atoms with E-state index in [-0.39, 0.29) is 42.1 Å². The summed E-state index contributed by atoms with van der Waals surface area (Å²) >= 11 is 0. The van der Waals surface area contributed by atoms with Crippen LogP contribution in [0.2, 0.25) is 0 Å². The van der Waals surface area contributed by atoms with Crippen LogP contribution in [0.25, 0.3) is 11.1 Å². The van der Waals surface area contributed by atoms with Gasteiger partial charge in [-0.15, -0.1) is 24.8 Å². The van der Waals surface area contributed by atoms with Crippen LogP contribution >= 0.6 is 0 Å². The first-order chi connectivity index (χ1) is 24.6.